The Kier molecular flexibility index (Phi) is 7.07. The van der Waals surface area contributed by atoms with Crippen LogP contribution < -0.4 is 9.64 Å². The summed E-state index contributed by atoms with van der Waals surface area (Å²) in [6.45, 7) is 4.67. The normalized spacial score (nSPS) is 15.5. The molecular weight excluding hydrogens is 428 g/mol. The molecule has 0 saturated carbocycles. The number of hydrogen-bond donors (Lipinski definition) is 0. The van der Waals surface area contributed by atoms with Gasteiger partial charge in [0, 0.05) is 6.54 Å². The van der Waals surface area contributed by atoms with Gasteiger partial charge in [-0.05, 0) is 49.2 Å². The molecule has 6 heteroatoms. The van der Waals surface area contributed by atoms with E-state index in [1.807, 2.05) is 68.4 Å². The van der Waals surface area contributed by atoms with E-state index >= 15 is 0 Å². The number of aryl methyl sites for hydroxylation is 1. The second-order valence-corrected chi connectivity index (χ2v) is 8.38. The Bertz CT molecular complexity index is 1160. The van der Waals surface area contributed by atoms with Gasteiger partial charge in [0.15, 0.2) is 0 Å². The number of carbonyl (C=O) groups excluding carboxylic acids is 3. The maximum absolute atomic E-state index is 13.4. The molecule has 6 nitrogen and oxygen atoms in total. The van der Waals surface area contributed by atoms with E-state index in [0.29, 0.717) is 18.0 Å². The van der Waals surface area contributed by atoms with Crippen LogP contribution in [0.3, 0.4) is 0 Å². The van der Waals surface area contributed by atoms with Gasteiger partial charge in [0.25, 0.3) is 5.91 Å². The monoisotopic (exact) mass is 456 g/mol. The Hall–Kier alpha value is -3.93. The van der Waals surface area contributed by atoms with Gasteiger partial charge in [-0.15, -0.1) is 0 Å². The fourth-order valence-corrected chi connectivity index (χ4v) is 4.12. The number of nitrogens with zero attached hydrogens (tertiary/aromatic N) is 2. The number of carbonyl (C=O) groups is 3. The topological polar surface area (TPSA) is 66.9 Å². The molecule has 1 unspecified atom stereocenters. The second kappa shape index (κ2) is 10.3. The highest BCUT2D eigenvalue weighted by molar-refractivity contribution is 6.23. The SMILES string of the molecule is CCOc1ccc(N2C(=O)CC(N(Cc3ccc(C)cc3)C(=O)Cc3ccccc3)C2=O)cc1. The summed E-state index contributed by atoms with van der Waals surface area (Å²) in [5, 5.41) is 0. The molecule has 34 heavy (non-hydrogen) atoms. The molecule has 0 aliphatic carbocycles. The van der Waals surface area contributed by atoms with Gasteiger partial charge in [0.05, 0.1) is 25.1 Å². The number of anilines is 1. The van der Waals surface area contributed by atoms with Crippen molar-refractivity contribution in [3.8, 4) is 5.75 Å². The van der Waals surface area contributed by atoms with Gasteiger partial charge in [-0.1, -0.05) is 60.2 Å². The fourth-order valence-electron chi connectivity index (χ4n) is 4.12. The van der Waals surface area contributed by atoms with Crippen LogP contribution in [0.15, 0.2) is 78.9 Å². The predicted molar refractivity (Wildman–Crippen MR) is 130 cm³/mol. The van der Waals surface area contributed by atoms with E-state index < -0.39 is 6.04 Å². The highest BCUT2D eigenvalue weighted by Crippen LogP contribution is 2.29. The molecule has 1 saturated heterocycles. The molecule has 1 fully saturated rings. The maximum atomic E-state index is 13.4. The zero-order chi connectivity index (χ0) is 24.1. The van der Waals surface area contributed by atoms with E-state index in [0.717, 1.165) is 16.7 Å². The van der Waals surface area contributed by atoms with Crippen molar-refractivity contribution in [1.82, 2.24) is 4.90 Å². The van der Waals surface area contributed by atoms with Crippen molar-refractivity contribution in [3.05, 3.63) is 95.6 Å². The summed E-state index contributed by atoms with van der Waals surface area (Å²) in [4.78, 5) is 42.5. The number of benzene rings is 3. The van der Waals surface area contributed by atoms with Crippen LogP contribution in [0, 0.1) is 6.92 Å². The quantitative estimate of drug-likeness (QED) is 0.474. The summed E-state index contributed by atoms with van der Waals surface area (Å²) in [6.07, 6.45) is 0.117. The Morgan fingerprint density at radius 1 is 0.941 bits per heavy atom. The molecule has 0 aromatic heterocycles. The van der Waals surface area contributed by atoms with E-state index in [1.165, 1.54) is 4.90 Å². The Morgan fingerprint density at radius 2 is 1.62 bits per heavy atom. The van der Waals surface area contributed by atoms with Crippen molar-refractivity contribution in [2.45, 2.75) is 39.3 Å². The van der Waals surface area contributed by atoms with Crippen molar-refractivity contribution in [2.75, 3.05) is 11.5 Å². The van der Waals surface area contributed by atoms with Crippen LogP contribution in [0.4, 0.5) is 5.69 Å². The Balaban J connectivity index is 1.60. The first kappa shape index (κ1) is 23.2. The van der Waals surface area contributed by atoms with Crippen LogP contribution in [0.2, 0.25) is 0 Å². The van der Waals surface area contributed by atoms with Crippen molar-refractivity contribution >= 4 is 23.4 Å². The molecule has 3 amide bonds. The summed E-state index contributed by atoms with van der Waals surface area (Å²) < 4.78 is 5.46. The number of rotatable bonds is 8. The van der Waals surface area contributed by atoms with Crippen molar-refractivity contribution < 1.29 is 19.1 Å². The van der Waals surface area contributed by atoms with Crippen LogP contribution in [-0.2, 0) is 27.3 Å². The molecule has 0 N–H and O–H groups in total. The standard InChI is InChI=1S/C28H28N2O4/c1-3-34-24-15-13-23(14-16-24)30-27(32)18-25(28(30)33)29(19-22-11-9-20(2)10-12-22)26(31)17-21-7-5-4-6-8-21/h4-16,25H,3,17-19H2,1-2H3. The predicted octanol–water partition coefficient (Wildman–Crippen LogP) is 4.30. The van der Waals surface area contributed by atoms with Crippen LogP contribution in [0.1, 0.15) is 30.0 Å². The molecule has 1 atom stereocenters. The lowest BCUT2D eigenvalue weighted by molar-refractivity contribution is -0.138. The fraction of sp³-hybridized carbons (Fsp3) is 0.250. The molecule has 174 valence electrons. The van der Waals surface area contributed by atoms with Crippen molar-refractivity contribution in [1.29, 1.82) is 0 Å². The largest absolute Gasteiger partial charge is 0.494 e. The molecular formula is C28H28N2O4. The lowest BCUT2D eigenvalue weighted by Crippen LogP contribution is -2.45. The highest BCUT2D eigenvalue weighted by Gasteiger charge is 2.44. The Morgan fingerprint density at radius 3 is 2.26 bits per heavy atom. The highest BCUT2D eigenvalue weighted by atomic mass is 16.5. The number of ether oxygens (including phenoxy) is 1. The smallest absolute Gasteiger partial charge is 0.257 e. The molecule has 1 aliphatic heterocycles. The van der Waals surface area contributed by atoms with Crippen LogP contribution in [0.25, 0.3) is 0 Å². The van der Waals surface area contributed by atoms with Gasteiger partial charge in [-0.2, -0.15) is 0 Å². The van der Waals surface area contributed by atoms with Crippen molar-refractivity contribution in [3.63, 3.8) is 0 Å². The minimum Gasteiger partial charge on any atom is -0.494 e. The minimum atomic E-state index is -0.850. The maximum Gasteiger partial charge on any atom is 0.257 e. The molecule has 3 aromatic rings. The second-order valence-electron chi connectivity index (χ2n) is 8.38. The third-order valence-electron chi connectivity index (χ3n) is 5.90. The summed E-state index contributed by atoms with van der Waals surface area (Å²) >= 11 is 0. The molecule has 4 rings (SSSR count). The van der Waals surface area contributed by atoms with Crippen LogP contribution >= 0.6 is 0 Å². The lowest BCUT2D eigenvalue weighted by atomic mass is 10.1. The van der Waals surface area contributed by atoms with Crippen molar-refractivity contribution in [2.24, 2.45) is 0 Å². The number of imide groups is 1. The van der Waals surface area contributed by atoms with E-state index in [9.17, 15) is 14.4 Å². The molecule has 0 bridgehead atoms. The van der Waals surface area contributed by atoms with Gasteiger partial charge in [0.2, 0.25) is 11.8 Å². The number of amides is 3. The van der Waals surface area contributed by atoms with Crippen LogP contribution in [0.5, 0.6) is 5.75 Å². The zero-order valence-electron chi connectivity index (χ0n) is 19.4. The van der Waals surface area contributed by atoms with E-state index in [2.05, 4.69) is 0 Å². The molecule has 1 aliphatic rings. The Labute approximate surface area is 199 Å². The first-order chi connectivity index (χ1) is 16.5. The molecule has 0 radical (unpaired) electrons. The first-order valence-electron chi connectivity index (χ1n) is 11.4. The van der Waals surface area contributed by atoms with E-state index in [1.54, 1.807) is 29.2 Å². The summed E-state index contributed by atoms with van der Waals surface area (Å²) in [5.74, 6) is -0.226. The van der Waals surface area contributed by atoms with E-state index in [4.69, 9.17) is 4.74 Å². The van der Waals surface area contributed by atoms with E-state index in [-0.39, 0.29) is 37.1 Å². The van der Waals surface area contributed by atoms with Gasteiger partial charge in [0.1, 0.15) is 11.8 Å². The summed E-state index contributed by atoms with van der Waals surface area (Å²) in [6, 6.07) is 23.3. The number of hydrogen-bond acceptors (Lipinski definition) is 4. The van der Waals surface area contributed by atoms with Crippen LogP contribution in [-0.4, -0.2) is 35.3 Å². The zero-order valence-corrected chi connectivity index (χ0v) is 19.4. The summed E-state index contributed by atoms with van der Waals surface area (Å²) in [5.41, 5.74) is 3.36. The summed E-state index contributed by atoms with van der Waals surface area (Å²) in [7, 11) is 0. The van der Waals surface area contributed by atoms with Gasteiger partial charge >= 0.3 is 0 Å². The lowest BCUT2D eigenvalue weighted by Gasteiger charge is -2.28. The minimum absolute atomic E-state index is 0.0432. The average Bonchev–Trinajstić information content (AvgIpc) is 3.13. The molecule has 1 heterocycles. The molecule has 3 aromatic carbocycles. The van der Waals surface area contributed by atoms with Gasteiger partial charge in [-0.25, -0.2) is 4.90 Å². The third kappa shape index (κ3) is 5.17. The first-order valence-corrected chi connectivity index (χ1v) is 11.4. The average molecular weight is 457 g/mol. The molecule has 0 spiro atoms. The van der Waals surface area contributed by atoms with Gasteiger partial charge < -0.3 is 9.64 Å². The third-order valence-corrected chi connectivity index (χ3v) is 5.90. The van der Waals surface area contributed by atoms with Gasteiger partial charge in [-0.3, -0.25) is 14.4 Å².